The van der Waals surface area contributed by atoms with Crippen LogP contribution in [0.1, 0.15) is 11.6 Å². The molecule has 130 valence electrons. The first-order valence-electron chi connectivity index (χ1n) is 7.07. The fraction of sp³-hybridized carbons (Fsp3) is 0.250. The maximum Gasteiger partial charge on any atom is 0.243 e. The van der Waals surface area contributed by atoms with Crippen LogP contribution in [0.15, 0.2) is 47.4 Å². The minimum Gasteiger partial charge on any atom is -0.301 e. The van der Waals surface area contributed by atoms with Crippen molar-refractivity contribution in [3.05, 3.63) is 64.7 Å². The van der Waals surface area contributed by atoms with Crippen molar-refractivity contribution in [2.45, 2.75) is 10.9 Å². The molecule has 0 radical (unpaired) electrons. The van der Waals surface area contributed by atoms with Crippen molar-refractivity contribution < 1.29 is 17.2 Å². The van der Waals surface area contributed by atoms with Crippen molar-refractivity contribution in [3.8, 4) is 0 Å². The third-order valence-electron chi connectivity index (χ3n) is 3.51. The van der Waals surface area contributed by atoms with Crippen LogP contribution in [-0.2, 0) is 10.0 Å². The van der Waals surface area contributed by atoms with E-state index in [2.05, 4.69) is 4.72 Å². The molecule has 0 fully saturated rings. The lowest BCUT2D eigenvalue weighted by Crippen LogP contribution is -2.35. The third kappa shape index (κ3) is 4.51. The van der Waals surface area contributed by atoms with Crippen molar-refractivity contribution in [2.75, 3.05) is 20.6 Å². The first-order valence-corrected chi connectivity index (χ1v) is 8.93. The summed E-state index contributed by atoms with van der Waals surface area (Å²) in [5.74, 6) is -1.34. The molecule has 1 N–H and O–H groups in total. The summed E-state index contributed by atoms with van der Waals surface area (Å²) in [5.41, 5.74) is 0.610. The van der Waals surface area contributed by atoms with E-state index in [4.69, 9.17) is 11.6 Å². The lowest BCUT2D eigenvalue weighted by Gasteiger charge is -2.25. The summed E-state index contributed by atoms with van der Waals surface area (Å²) in [6.45, 7) is -0.0408. The van der Waals surface area contributed by atoms with E-state index in [1.165, 1.54) is 18.2 Å². The fourth-order valence-electron chi connectivity index (χ4n) is 2.27. The lowest BCUT2D eigenvalue weighted by molar-refractivity contribution is 0.298. The number of rotatable bonds is 6. The van der Waals surface area contributed by atoms with E-state index >= 15 is 0 Å². The molecule has 1 unspecified atom stereocenters. The third-order valence-corrected chi connectivity index (χ3v) is 5.20. The van der Waals surface area contributed by atoms with E-state index in [-0.39, 0.29) is 11.6 Å². The molecule has 0 aliphatic carbocycles. The number of nitrogens with zero attached hydrogens (tertiary/aromatic N) is 1. The Bertz CT molecular complexity index is 829. The van der Waals surface area contributed by atoms with Crippen molar-refractivity contribution in [1.29, 1.82) is 0 Å². The summed E-state index contributed by atoms with van der Waals surface area (Å²) in [4.78, 5) is 1.26. The average molecular weight is 375 g/mol. The first kappa shape index (κ1) is 18.8. The SMILES string of the molecule is CN(C)C(CNS(=O)(=O)c1ccc(Cl)cc1F)c1cccc(F)c1. The van der Waals surface area contributed by atoms with Crippen molar-refractivity contribution in [1.82, 2.24) is 9.62 Å². The van der Waals surface area contributed by atoms with Gasteiger partial charge in [0.25, 0.3) is 0 Å². The topological polar surface area (TPSA) is 49.4 Å². The van der Waals surface area contributed by atoms with E-state index in [1.807, 2.05) is 0 Å². The number of halogens is 3. The van der Waals surface area contributed by atoms with Gasteiger partial charge in [-0.3, -0.25) is 0 Å². The molecule has 0 amide bonds. The second-order valence-corrected chi connectivity index (χ2v) is 7.63. The fourth-order valence-corrected chi connectivity index (χ4v) is 3.53. The van der Waals surface area contributed by atoms with Gasteiger partial charge >= 0.3 is 0 Å². The molecule has 0 aromatic heterocycles. The Morgan fingerprint density at radius 3 is 2.46 bits per heavy atom. The van der Waals surface area contributed by atoms with Gasteiger partial charge in [0.2, 0.25) is 10.0 Å². The minimum atomic E-state index is -4.06. The number of hydrogen-bond acceptors (Lipinski definition) is 3. The molecular weight excluding hydrogens is 358 g/mol. The summed E-state index contributed by atoms with van der Waals surface area (Å²) < 4.78 is 54.2. The molecule has 4 nitrogen and oxygen atoms in total. The van der Waals surface area contributed by atoms with Crippen LogP contribution in [0.3, 0.4) is 0 Å². The normalized spacial score (nSPS) is 13.2. The zero-order valence-corrected chi connectivity index (χ0v) is 14.7. The molecule has 0 heterocycles. The number of hydrogen-bond donors (Lipinski definition) is 1. The predicted octanol–water partition coefficient (Wildman–Crippen LogP) is 3.20. The predicted molar refractivity (Wildman–Crippen MR) is 89.4 cm³/mol. The minimum absolute atomic E-state index is 0.0408. The van der Waals surface area contributed by atoms with Gasteiger partial charge in [-0.25, -0.2) is 21.9 Å². The Hall–Kier alpha value is -1.54. The molecule has 0 aliphatic heterocycles. The highest BCUT2D eigenvalue weighted by Gasteiger charge is 2.22. The number of likely N-dealkylation sites (N-methyl/N-ethyl adjacent to an activating group) is 1. The zero-order valence-electron chi connectivity index (χ0n) is 13.1. The zero-order chi connectivity index (χ0) is 17.9. The van der Waals surface area contributed by atoms with Gasteiger partial charge in [0.1, 0.15) is 16.5 Å². The highest BCUT2D eigenvalue weighted by Crippen LogP contribution is 2.21. The first-order chi connectivity index (χ1) is 11.2. The number of sulfonamides is 1. The van der Waals surface area contributed by atoms with E-state index < -0.39 is 32.6 Å². The van der Waals surface area contributed by atoms with Crippen LogP contribution in [0, 0.1) is 11.6 Å². The smallest absolute Gasteiger partial charge is 0.243 e. The Morgan fingerprint density at radius 1 is 1.17 bits per heavy atom. The standard InChI is InChI=1S/C16H17ClF2N2O2S/c1-21(2)15(11-4-3-5-13(18)8-11)10-20-24(22,23)16-7-6-12(17)9-14(16)19/h3-9,15,20H,10H2,1-2H3. The van der Waals surface area contributed by atoms with Gasteiger partial charge in [0.15, 0.2) is 0 Å². The van der Waals surface area contributed by atoms with Crippen LogP contribution < -0.4 is 4.72 Å². The van der Waals surface area contributed by atoms with Crippen LogP contribution in [-0.4, -0.2) is 34.0 Å². The summed E-state index contributed by atoms with van der Waals surface area (Å²) in [5, 5.41) is 0.109. The van der Waals surface area contributed by atoms with Gasteiger partial charge in [0, 0.05) is 17.6 Å². The van der Waals surface area contributed by atoms with Gasteiger partial charge in [0.05, 0.1) is 0 Å². The molecule has 8 heteroatoms. The lowest BCUT2D eigenvalue weighted by atomic mass is 10.1. The Kier molecular flexibility index (Phi) is 5.92. The molecule has 2 rings (SSSR count). The molecular formula is C16H17ClF2N2O2S. The number of benzene rings is 2. The van der Waals surface area contributed by atoms with Crippen LogP contribution in [0.5, 0.6) is 0 Å². The molecule has 2 aromatic rings. The van der Waals surface area contributed by atoms with Crippen molar-refractivity contribution >= 4 is 21.6 Å². The molecule has 0 saturated heterocycles. The van der Waals surface area contributed by atoms with Crippen LogP contribution in [0.25, 0.3) is 0 Å². The van der Waals surface area contributed by atoms with E-state index in [0.29, 0.717) is 5.56 Å². The molecule has 24 heavy (non-hydrogen) atoms. The highest BCUT2D eigenvalue weighted by molar-refractivity contribution is 7.89. The maximum absolute atomic E-state index is 13.8. The molecule has 0 spiro atoms. The van der Waals surface area contributed by atoms with Crippen LogP contribution in [0.4, 0.5) is 8.78 Å². The highest BCUT2D eigenvalue weighted by atomic mass is 35.5. The summed E-state index contributed by atoms with van der Waals surface area (Å²) in [7, 11) is -0.573. The Morgan fingerprint density at radius 2 is 1.88 bits per heavy atom. The van der Waals surface area contributed by atoms with Gasteiger partial charge in [-0.2, -0.15) is 0 Å². The maximum atomic E-state index is 13.8. The summed E-state index contributed by atoms with van der Waals surface area (Å²) >= 11 is 5.63. The average Bonchev–Trinajstić information content (AvgIpc) is 2.46. The van der Waals surface area contributed by atoms with Gasteiger partial charge < -0.3 is 4.90 Å². The summed E-state index contributed by atoms with van der Waals surface area (Å²) in [6.07, 6.45) is 0. The molecule has 0 aliphatic rings. The van der Waals surface area contributed by atoms with E-state index in [9.17, 15) is 17.2 Å². The van der Waals surface area contributed by atoms with Gasteiger partial charge in [-0.05, 0) is 50.0 Å². The van der Waals surface area contributed by atoms with Gasteiger partial charge in [-0.15, -0.1) is 0 Å². The summed E-state index contributed by atoms with van der Waals surface area (Å²) in [6, 6.07) is 8.82. The van der Waals surface area contributed by atoms with Gasteiger partial charge in [-0.1, -0.05) is 23.7 Å². The van der Waals surface area contributed by atoms with Crippen molar-refractivity contribution in [2.24, 2.45) is 0 Å². The molecule has 1 atom stereocenters. The molecule has 0 saturated carbocycles. The quantitative estimate of drug-likeness (QED) is 0.844. The second-order valence-electron chi connectivity index (χ2n) is 5.46. The Labute approximate surface area is 145 Å². The van der Waals surface area contributed by atoms with E-state index in [0.717, 1.165) is 12.1 Å². The monoisotopic (exact) mass is 374 g/mol. The van der Waals surface area contributed by atoms with Crippen molar-refractivity contribution in [3.63, 3.8) is 0 Å². The second kappa shape index (κ2) is 7.57. The Balaban J connectivity index is 2.22. The molecule has 2 aromatic carbocycles. The van der Waals surface area contributed by atoms with Crippen LogP contribution >= 0.6 is 11.6 Å². The number of nitrogens with one attached hydrogen (secondary N) is 1. The van der Waals surface area contributed by atoms with E-state index in [1.54, 1.807) is 31.1 Å². The largest absolute Gasteiger partial charge is 0.301 e. The molecule has 0 bridgehead atoms. The van der Waals surface area contributed by atoms with Crippen LogP contribution in [0.2, 0.25) is 5.02 Å².